The van der Waals surface area contributed by atoms with Gasteiger partial charge in [-0.25, -0.2) is 0 Å². The molecule has 5 heteroatoms. The largest absolute Gasteiger partial charge is 0.463 e. The number of carbonyl (C=O) groups excluding carboxylic acids is 3. The number of rotatable bonds is 3. The van der Waals surface area contributed by atoms with E-state index in [1.54, 1.807) is 6.92 Å². The Kier molecular flexibility index (Phi) is 5.39. The summed E-state index contributed by atoms with van der Waals surface area (Å²) in [5.41, 5.74) is 0.884. The van der Waals surface area contributed by atoms with Crippen molar-refractivity contribution in [2.45, 2.75) is 91.8 Å². The standard InChI is InChI=1S/C25H36O5/c1-14(26)21-13-22(30-16(3)28)23-19-7-6-17-12-18(29-15(2)27)8-10-24(17,4)20(19)9-11-25(21,23)5/h13,17-20,22-23H,6-12H2,1-5H3/t17-,18-,19-,20+,22-,23-,24+,25-/m1/s1. The van der Waals surface area contributed by atoms with E-state index in [2.05, 4.69) is 13.8 Å². The molecule has 0 aromatic heterocycles. The van der Waals surface area contributed by atoms with Gasteiger partial charge < -0.3 is 9.47 Å². The van der Waals surface area contributed by atoms with Crippen LogP contribution in [0.15, 0.2) is 11.6 Å². The molecular formula is C25H36O5. The third-order valence-electron chi connectivity index (χ3n) is 9.18. The molecule has 3 fully saturated rings. The van der Waals surface area contributed by atoms with Gasteiger partial charge >= 0.3 is 11.9 Å². The van der Waals surface area contributed by atoms with Gasteiger partial charge in [-0.15, -0.1) is 0 Å². The molecule has 0 heterocycles. The molecule has 5 nitrogen and oxygen atoms in total. The first-order valence-corrected chi connectivity index (χ1v) is 11.6. The van der Waals surface area contributed by atoms with Crippen molar-refractivity contribution in [3.8, 4) is 0 Å². The van der Waals surface area contributed by atoms with E-state index in [4.69, 9.17) is 9.47 Å². The van der Waals surface area contributed by atoms with Gasteiger partial charge in [0.2, 0.25) is 0 Å². The van der Waals surface area contributed by atoms with Crippen molar-refractivity contribution in [2.24, 2.45) is 34.5 Å². The summed E-state index contributed by atoms with van der Waals surface area (Å²) in [5, 5.41) is 0. The lowest BCUT2D eigenvalue weighted by Crippen LogP contribution is -2.56. The van der Waals surface area contributed by atoms with Gasteiger partial charge in [0, 0.05) is 30.8 Å². The van der Waals surface area contributed by atoms with Gasteiger partial charge in [-0.1, -0.05) is 13.8 Å². The molecule has 8 atom stereocenters. The van der Waals surface area contributed by atoms with Crippen molar-refractivity contribution in [3.05, 3.63) is 11.6 Å². The minimum Gasteiger partial charge on any atom is -0.463 e. The Morgan fingerprint density at radius 2 is 1.63 bits per heavy atom. The Bertz CT molecular complexity index is 784. The van der Waals surface area contributed by atoms with Crippen molar-refractivity contribution in [3.63, 3.8) is 0 Å². The van der Waals surface area contributed by atoms with Crippen LogP contribution in [0.2, 0.25) is 0 Å². The topological polar surface area (TPSA) is 69.7 Å². The van der Waals surface area contributed by atoms with Crippen molar-refractivity contribution in [2.75, 3.05) is 0 Å². The molecule has 4 aliphatic carbocycles. The Balaban J connectivity index is 1.62. The first-order valence-electron chi connectivity index (χ1n) is 11.6. The molecule has 3 saturated carbocycles. The number of fused-ring (bicyclic) bond motifs is 5. The van der Waals surface area contributed by atoms with E-state index in [0.717, 1.165) is 50.5 Å². The molecule has 4 aliphatic rings. The highest BCUT2D eigenvalue weighted by Gasteiger charge is 2.62. The lowest BCUT2D eigenvalue weighted by Gasteiger charge is -2.61. The van der Waals surface area contributed by atoms with Crippen molar-refractivity contribution < 1.29 is 23.9 Å². The van der Waals surface area contributed by atoms with Crippen molar-refractivity contribution in [1.82, 2.24) is 0 Å². The lowest BCUT2D eigenvalue weighted by molar-refractivity contribution is -0.168. The highest BCUT2D eigenvalue weighted by molar-refractivity contribution is 5.95. The first-order chi connectivity index (χ1) is 14.1. The average molecular weight is 417 g/mol. The van der Waals surface area contributed by atoms with Gasteiger partial charge in [0.25, 0.3) is 0 Å². The number of esters is 2. The fourth-order valence-electron chi connectivity index (χ4n) is 8.01. The Hall–Kier alpha value is -1.65. The van der Waals surface area contributed by atoms with Gasteiger partial charge in [0.05, 0.1) is 0 Å². The van der Waals surface area contributed by atoms with Crippen LogP contribution in [0.25, 0.3) is 0 Å². The number of ether oxygens (including phenoxy) is 2. The predicted octanol–water partition coefficient (Wildman–Crippen LogP) is 4.63. The summed E-state index contributed by atoms with van der Waals surface area (Å²) in [6.45, 7) is 9.27. The number of allylic oxidation sites excluding steroid dienone is 1. The number of Topliss-reactive ketones (excluding diaryl/α,β-unsaturated/α-hetero) is 1. The summed E-state index contributed by atoms with van der Waals surface area (Å²) in [6, 6.07) is 0. The molecule has 0 aromatic carbocycles. The molecule has 0 aliphatic heterocycles. The Morgan fingerprint density at radius 3 is 2.27 bits per heavy atom. The maximum absolute atomic E-state index is 12.5. The lowest BCUT2D eigenvalue weighted by atomic mass is 9.44. The second-order valence-corrected chi connectivity index (χ2v) is 10.7. The zero-order valence-electron chi connectivity index (χ0n) is 19.0. The molecule has 0 radical (unpaired) electrons. The average Bonchev–Trinajstić information content (AvgIpc) is 2.93. The highest BCUT2D eigenvalue weighted by Crippen LogP contribution is 2.66. The van der Waals surface area contributed by atoms with E-state index in [1.165, 1.54) is 13.8 Å². The van der Waals surface area contributed by atoms with Gasteiger partial charge in [-0.3, -0.25) is 14.4 Å². The van der Waals surface area contributed by atoms with E-state index in [9.17, 15) is 14.4 Å². The van der Waals surface area contributed by atoms with Gasteiger partial charge in [-0.05, 0) is 81.1 Å². The fourth-order valence-corrected chi connectivity index (χ4v) is 8.01. The normalized spacial score (nSPS) is 44.8. The summed E-state index contributed by atoms with van der Waals surface area (Å²) in [7, 11) is 0. The van der Waals surface area contributed by atoms with Crippen LogP contribution < -0.4 is 0 Å². The molecule has 0 bridgehead atoms. The Morgan fingerprint density at radius 1 is 0.933 bits per heavy atom. The second kappa shape index (κ2) is 7.49. The van der Waals surface area contributed by atoms with Gasteiger partial charge in [-0.2, -0.15) is 0 Å². The highest BCUT2D eigenvalue weighted by atomic mass is 16.5. The smallest absolute Gasteiger partial charge is 0.303 e. The summed E-state index contributed by atoms with van der Waals surface area (Å²) in [5.74, 6) is 1.42. The number of carbonyl (C=O) groups is 3. The maximum atomic E-state index is 12.5. The molecule has 4 rings (SSSR count). The molecular weight excluding hydrogens is 380 g/mol. The van der Waals surface area contributed by atoms with E-state index in [0.29, 0.717) is 17.8 Å². The van der Waals surface area contributed by atoms with E-state index < -0.39 is 0 Å². The van der Waals surface area contributed by atoms with Crippen molar-refractivity contribution in [1.29, 1.82) is 0 Å². The van der Waals surface area contributed by atoms with Crippen LogP contribution in [0.1, 0.15) is 79.6 Å². The van der Waals surface area contributed by atoms with Gasteiger partial charge in [0.15, 0.2) is 5.78 Å². The number of hydrogen-bond acceptors (Lipinski definition) is 5. The zero-order valence-corrected chi connectivity index (χ0v) is 19.0. The summed E-state index contributed by atoms with van der Waals surface area (Å²) in [6.07, 6.45) is 8.98. The molecule has 0 unspecified atom stereocenters. The summed E-state index contributed by atoms with van der Waals surface area (Å²) >= 11 is 0. The third-order valence-corrected chi connectivity index (χ3v) is 9.18. The second-order valence-electron chi connectivity index (χ2n) is 10.7. The molecule has 166 valence electrons. The number of ketones is 1. The van der Waals surface area contributed by atoms with E-state index in [-0.39, 0.29) is 46.7 Å². The van der Waals surface area contributed by atoms with E-state index >= 15 is 0 Å². The predicted molar refractivity (Wildman–Crippen MR) is 112 cm³/mol. The van der Waals surface area contributed by atoms with Crippen LogP contribution in [-0.2, 0) is 23.9 Å². The van der Waals surface area contributed by atoms with E-state index in [1.807, 2.05) is 6.08 Å². The van der Waals surface area contributed by atoms with Crippen LogP contribution in [0.5, 0.6) is 0 Å². The minimum absolute atomic E-state index is 0.0530. The zero-order chi connectivity index (χ0) is 21.8. The van der Waals surface area contributed by atoms with Crippen LogP contribution in [0.3, 0.4) is 0 Å². The molecule has 0 aromatic rings. The molecule has 30 heavy (non-hydrogen) atoms. The van der Waals surface area contributed by atoms with Crippen molar-refractivity contribution >= 4 is 17.7 Å². The van der Waals surface area contributed by atoms with Crippen LogP contribution in [-0.4, -0.2) is 29.9 Å². The molecule has 0 N–H and O–H groups in total. The quantitative estimate of drug-likeness (QED) is 0.628. The van der Waals surface area contributed by atoms with Gasteiger partial charge in [0.1, 0.15) is 12.2 Å². The number of hydrogen-bond donors (Lipinski definition) is 0. The summed E-state index contributed by atoms with van der Waals surface area (Å²) in [4.78, 5) is 35.8. The van der Waals surface area contributed by atoms with Crippen LogP contribution in [0.4, 0.5) is 0 Å². The monoisotopic (exact) mass is 416 g/mol. The fraction of sp³-hybridized carbons (Fsp3) is 0.800. The molecule has 0 saturated heterocycles. The van der Waals surface area contributed by atoms with Crippen LogP contribution >= 0.6 is 0 Å². The molecule has 0 spiro atoms. The first kappa shape index (κ1) is 21.6. The van der Waals surface area contributed by atoms with Crippen LogP contribution in [0, 0.1) is 34.5 Å². The maximum Gasteiger partial charge on any atom is 0.303 e. The minimum atomic E-state index is -0.295. The SMILES string of the molecule is CC(=O)O[C@@H]1CC[C@@]2(C)[C@H](CC[C@H]3[C@@H]4[C@H](OC(C)=O)C=C(C(C)=O)[C@@]4(C)CC[C@@H]32)C1. The molecule has 0 amide bonds. The third kappa shape index (κ3) is 3.33. The Labute approximate surface area is 179 Å². The summed E-state index contributed by atoms with van der Waals surface area (Å²) < 4.78 is 11.3.